The Balaban J connectivity index is 3.41. The van der Waals surface area contributed by atoms with Gasteiger partial charge < -0.3 is 0 Å². The van der Waals surface area contributed by atoms with Crippen LogP contribution in [0.5, 0.6) is 0 Å². The van der Waals surface area contributed by atoms with E-state index in [-0.39, 0.29) is 16.3 Å². The molecule has 0 saturated heterocycles. The lowest BCUT2D eigenvalue weighted by molar-refractivity contribution is 1.42. The van der Waals surface area contributed by atoms with Crippen LogP contribution < -0.4 is 0 Å². The first-order valence-corrected chi connectivity index (χ1v) is 3.41. The molecule has 5 heteroatoms. The average molecular weight is 179 g/mol. The Morgan fingerprint density at radius 3 is 2.92 bits per heavy atom. The first-order chi connectivity index (χ1) is 5.79. The van der Waals surface area contributed by atoms with Crippen molar-refractivity contribution < 1.29 is 0 Å². The van der Waals surface area contributed by atoms with Crippen LogP contribution >= 0.6 is 11.6 Å². The van der Waals surface area contributed by atoms with Crippen LogP contribution in [0, 0.1) is 11.3 Å². The number of rotatable bonds is 1. The van der Waals surface area contributed by atoms with Gasteiger partial charge in [0, 0.05) is 4.91 Å². The number of halogens is 1. The summed E-state index contributed by atoms with van der Waals surface area (Å²) in [4.78, 5) is 2.56. The third-order valence-corrected chi connectivity index (χ3v) is 1.56. The fraction of sp³-hybridized carbons (Fsp3) is 0. The van der Waals surface area contributed by atoms with E-state index in [4.69, 9.17) is 22.4 Å². The third kappa shape index (κ3) is 1.48. The van der Waals surface area contributed by atoms with E-state index in [1.165, 1.54) is 6.07 Å². The van der Waals surface area contributed by atoms with E-state index in [0.29, 0.717) is 0 Å². The van der Waals surface area contributed by atoms with Gasteiger partial charge in [-0.25, -0.2) is 0 Å². The normalized spacial score (nSPS) is 8.33. The molecule has 12 heavy (non-hydrogen) atoms. The Morgan fingerprint density at radius 1 is 1.58 bits per heavy atom. The van der Waals surface area contributed by atoms with E-state index in [1.807, 2.05) is 6.07 Å². The largest absolute Gasteiger partial charge is 0.192 e. The van der Waals surface area contributed by atoms with Gasteiger partial charge in [-0.3, -0.25) is 0 Å². The summed E-state index contributed by atoms with van der Waals surface area (Å²) in [6.45, 7) is 0. The van der Waals surface area contributed by atoms with Gasteiger partial charge in [0.05, 0.1) is 22.3 Å². The van der Waals surface area contributed by atoms with Crippen molar-refractivity contribution in [3.05, 3.63) is 39.2 Å². The van der Waals surface area contributed by atoms with Gasteiger partial charge in [-0.2, -0.15) is 5.26 Å². The molecule has 0 amide bonds. The molecule has 0 unspecified atom stereocenters. The lowest BCUT2D eigenvalue weighted by Gasteiger charge is -1.96. The zero-order valence-electron chi connectivity index (χ0n) is 5.90. The molecule has 0 fully saturated rings. The molecule has 0 atom stereocenters. The predicted molar refractivity (Wildman–Crippen MR) is 45.0 cm³/mol. The van der Waals surface area contributed by atoms with Gasteiger partial charge in [-0.15, -0.1) is 0 Å². The molecule has 0 saturated carbocycles. The SMILES string of the molecule is N#Cc1cccc(Cl)c1N=[N+]=[N-]. The van der Waals surface area contributed by atoms with Crippen LogP contribution in [0.25, 0.3) is 10.4 Å². The van der Waals surface area contributed by atoms with Gasteiger partial charge in [-0.1, -0.05) is 22.8 Å². The summed E-state index contributed by atoms with van der Waals surface area (Å²) >= 11 is 5.67. The van der Waals surface area contributed by atoms with Crippen LogP contribution in [0.4, 0.5) is 5.69 Å². The topological polar surface area (TPSA) is 72.5 Å². The highest BCUT2D eigenvalue weighted by Gasteiger charge is 2.02. The summed E-state index contributed by atoms with van der Waals surface area (Å²) < 4.78 is 0. The maximum absolute atomic E-state index is 8.58. The van der Waals surface area contributed by atoms with Crippen LogP contribution in [-0.4, -0.2) is 0 Å². The molecule has 0 radical (unpaired) electrons. The minimum Gasteiger partial charge on any atom is -0.192 e. The second-order valence-corrected chi connectivity index (χ2v) is 2.34. The Kier molecular flexibility index (Phi) is 2.54. The number of hydrogen-bond donors (Lipinski definition) is 0. The summed E-state index contributed by atoms with van der Waals surface area (Å²) in [6.07, 6.45) is 0. The van der Waals surface area contributed by atoms with Crippen LogP contribution in [0.2, 0.25) is 5.02 Å². The quantitative estimate of drug-likeness (QED) is 0.370. The summed E-state index contributed by atoms with van der Waals surface area (Å²) in [5.41, 5.74) is 8.62. The number of azide groups is 1. The van der Waals surface area contributed by atoms with Gasteiger partial charge in [0.25, 0.3) is 0 Å². The van der Waals surface area contributed by atoms with Crippen LogP contribution in [0.1, 0.15) is 5.56 Å². The Morgan fingerprint density at radius 2 is 2.33 bits per heavy atom. The summed E-state index contributed by atoms with van der Waals surface area (Å²) in [6, 6.07) is 6.59. The zero-order chi connectivity index (χ0) is 8.97. The van der Waals surface area contributed by atoms with Crippen LogP contribution in [0.3, 0.4) is 0 Å². The van der Waals surface area contributed by atoms with Crippen molar-refractivity contribution in [1.29, 1.82) is 5.26 Å². The van der Waals surface area contributed by atoms with Gasteiger partial charge >= 0.3 is 0 Å². The Bertz CT molecular complexity index is 387. The summed E-state index contributed by atoms with van der Waals surface area (Å²) in [7, 11) is 0. The second kappa shape index (κ2) is 3.63. The number of hydrogen-bond acceptors (Lipinski definition) is 2. The van der Waals surface area contributed by atoms with Gasteiger partial charge in [-0.05, 0) is 17.7 Å². The molecule has 0 aliphatic carbocycles. The fourth-order valence-corrected chi connectivity index (χ4v) is 0.964. The zero-order valence-corrected chi connectivity index (χ0v) is 6.65. The second-order valence-electron chi connectivity index (χ2n) is 1.94. The number of nitriles is 1. The minimum absolute atomic E-state index is 0.184. The highest BCUT2D eigenvalue weighted by Crippen LogP contribution is 2.28. The van der Waals surface area contributed by atoms with Gasteiger partial charge in [0.15, 0.2) is 0 Å². The van der Waals surface area contributed by atoms with Gasteiger partial charge in [0.2, 0.25) is 0 Å². The van der Waals surface area contributed by atoms with Crippen molar-refractivity contribution in [2.75, 3.05) is 0 Å². The molecular weight excluding hydrogens is 176 g/mol. The summed E-state index contributed by atoms with van der Waals surface area (Å²) in [5.74, 6) is 0. The molecule has 1 aromatic rings. The van der Waals surface area contributed by atoms with Crippen LogP contribution in [-0.2, 0) is 0 Å². The average Bonchev–Trinajstić information content (AvgIpc) is 2.09. The molecule has 0 spiro atoms. The molecule has 0 bridgehead atoms. The van der Waals surface area contributed by atoms with Crippen molar-refractivity contribution >= 4 is 17.3 Å². The van der Waals surface area contributed by atoms with Crippen molar-refractivity contribution in [3.8, 4) is 6.07 Å². The maximum Gasteiger partial charge on any atom is 0.0997 e. The van der Waals surface area contributed by atoms with E-state index in [1.54, 1.807) is 12.1 Å². The molecule has 0 heterocycles. The van der Waals surface area contributed by atoms with E-state index in [0.717, 1.165) is 0 Å². The van der Waals surface area contributed by atoms with Crippen LogP contribution in [0.15, 0.2) is 23.3 Å². The molecule has 0 N–H and O–H groups in total. The van der Waals surface area contributed by atoms with Crippen molar-refractivity contribution in [1.82, 2.24) is 0 Å². The molecule has 1 aromatic carbocycles. The molecule has 1 rings (SSSR count). The molecule has 58 valence electrons. The summed E-state index contributed by atoms with van der Waals surface area (Å²) in [5, 5.41) is 12.2. The number of benzene rings is 1. The Labute approximate surface area is 73.6 Å². The van der Waals surface area contributed by atoms with Crippen molar-refractivity contribution in [3.63, 3.8) is 0 Å². The maximum atomic E-state index is 8.58. The van der Waals surface area contributed by atoms with Crippen molar-refractivity contribution in [2.24, 2.45) is 5.11 Å². The van der Waals surface area contributed by atoms with E-state index < -0.39 is 0 Å². The van der Waals surface area contributed by atoms with Crippen molar-refractivity contribution in [2.45, 2.75) is 0 Å². The van der Waals surface area contributed by atoms with E-state index in [2.05, 4.69) is 10.0 Å². The lowest BCUT2D eigenvalue weighted by Crippen LogP contribution is -1.75. The van der Waals surface area contributed by atoms with E-state index >= 15 is 0 Å². The fourth-order valence-electron chi connectivity index (χ4n) is 0.752. The molecular formula is C7H3ClN4. The first-order valence-electron chi connectivity index (χ1n) is 3.03. The highest BCUT2D eigenvalue weighted by atomic mass is 35.5. The molecule has 0 aliphatic heterocycles. The predicted octanol–water partition coefficient (Wildman–Crippen LogP) is 3.15. The first kappa shape index (κ1) is 8.41. The van der Waals surface area contributed by atoms with E-state index in [9.17, 15) is 0 Å². The minimum atomic E-state index is 0.184. The highest BCUT2D eigenvalue weighted by molar-refractivity contribution is 6.33. The smallest absolute Gasteiger partial charge is 0.0997 e. The molecule has 0 aromatic heterocycles. The molecule has 4 nitrogen and oxygen atoms in total. The number of nitrogens with zero attached hydrogens (tertiary/aromatic N) is 4. The monoisotopic (exact) mass is 178 g/mol. The van der Waals surface area contributed by atoms with Gasteiger partial charge in [0.1, 0.15) is 0 Å². The third-order valence-electron chi connectivity index (χ3n) is 1.25. The lowest BCUT2D eigenvalue weighted by atomic mass is 10.2. The standard InChI is InChI=1S/C7H3ClN4/c8-6-3-1-2-5(4-9)7(6)11-12-10/h1-3H. The molecule has 0 aliphatic rings. The Hall–Kier alpha value is -1.69.